The number of hydrogen-bond donors (Lipinski definition) is 0. The highest BCUT2D eigenvalue weighted by Gasteiger charge is 2.08. The highest BCUT2D eigenvalue weighted by molar-refractivity contribution is 6.35. The lowest BCUT2D eigenvalue weighted by Gasteiger charge is -2.09. The summed E-state index contributed by atoms with van der Waals surface area (Å²) in [4.78, 5) is 4.59. The fraction of sp³-hybridized carbons (Fsp3) is 0.136. The van der Waals surface area contributed by atoms with Crippen molar-refractivity contribution in [3.8, 4) is 5.75 Å². The normalized spacial score (nSPS) is 12.3. The fourth-order valence-corrected chi connectivity index (χ4v) is 3.08. The van der Waals surface area contributed by atoms with Gasteiger partial charge in [-0.1, -0.05) is 59.6 Å². The molecule has 1 unspecified atom stereocenters. The minimum atomic E-state index is -0.0474. The monoisotopic (exact) mass is 383 g/mol. The molecule has 3 aromatic rings. The van der Waals surface area contributed by atoms with E-state index in [2.05, 4.69) is 4.99 Å². The molecule has 2 nitrogen and oxygen atoms in total. The van der Waals surface area contributed by atoms with Gasteiger partial charge in [-0.25, -0.2) is 0 Å². The van der Waals surface area contributed by atoms with Gasteiger partial charge in [-0.3, -0.25) is 4.99 Å². The first-order chi connectivity index (χ1) is 12.6. The Morgan fingerprint density at radius 2 is 1.69 bits per heavy atom. The van der Waals surface area contributed by atoms with E-state index in [1.165, 1.54) is 0 Å². The zero-order valence-electron chi connectivity index (χ0n) is 14.4. The molecule has 0 aliphatic heterocycles. The molecule has 0 aliphatic carbocycles. The fourth-order valence-electron chi connectivity index (χ4n) is 2.51. The molecule has 4 heteroatoms. The van der Waals surface area contributed by atoms with Gasteiger partial charge in [-0.05, 0) is 60.0 Å². The molecule has 0 aliphatic rings. The summed E-state index contributed by atoms with van der Waals surface area (Å²) in [5.41, 5.74) is 3.11. The molecule has 26 heavy (non-hydrogen) atoms. The van der Waals surface area contributed by atoms with Crippen LogP contribution in [0.25, 0.3) is 0 Å². The summed E-state index contributed by atoms with van der Waals surface area (Å²) in [7, 11) is 0. The van der Waals surface area contributed by atoms with E-state index in [1.807, 2.05) is 79.9 Å². The van der Waals surface area contributed by atoms with Gasteiger partial charge in [0.15, 0.2) is 0 Å². The van der Waals surface area contributed by atoms with Gasteiger partial charge in [-0.15, -0.1) is 0 Å². The van der Waals surface area contributed by atoms with Gasteiger partial charge in [-0.2, -0.15) is 0 Å². The van der Waals surface area contributed by atoms with Crippen LogP contribution in [0.15, 0.2) is 77.8 Å². The minimum absolute atomic E-state index is 0.0474. The van der Waals surface area contributed by atoms with Crippen molar-refractivity contribution in [3.05, 3.63) is 99.5 Å². The number of nitrogens with zero attached hydrogens (tertiary/aromatic N) is 1. The van der Waals surface area contributed by atoms with Gasteiger partial charge in [0.2, 0.25) is 0 Å². The van der Waals surface area contributed by atoms with E-state index in [0.29, 0.717) is 16.7 Å². The Bertz CT molecular complexity index is 876. The zero-order chi connectivity index (χ0) is 18.4. The Balaban J connectivity index is 1.60. The van der Waals surface area contributed by atoms with E-state index in [0.717, 1.165) is 22.4 Å². The van der Waals surface area contributed by atoms with Crippen molar-refractivity contribution in [1.29, 1.82) is 0 Å². The van der Waals surface area contributed by atoms with Crippen LogP contribution < -0.4 is 4.74 Å². The summed E-state index contributed by atoms with van der Waals surface area (Å²) in [6.45, 7) is 2.56. The Morgan fingerprint density at radius 1 is 0.962 bits per heavy atom. The molecule has 132 valence electrons. The van der Waals surface area contributed by atoms with Crippen LogP contribution >= 0.6 is 23.2 Å². The number of aliphatic imine (C=N–C) groups is 1. The average Bonchev–Trinajstić information content (AvgIpc) is 2.66. The Labute approximate surface area is 164 Å². The van der Waals surface area contributed by atoms with E-state index < -0.39 is 0 Å². The van der Waals surface area contributed by atoms with E-state index >= 15 is 0 Å². The van der Waals surface area contributed by atoms with Crippen LogP contribution in [-0.2, 0) is 6.61 Å². The quantitative estimate of drug-likeness (QED) is 0.431. The van der Waals surface area contributed by atoms with Crippen molar-refractivity contribution in [2.45, 2.75) is 19.6 Å². The topological polar surface area (TPSA) is 21.6 Å². The van der Waals surface area contributed by atoms with E-state index in [-0.39, 0.29) is 6.04 Å². The van der Waals surface area contributed by atoms with Crippen LogP contribution in [0.1, 0.15) is 29.7 Å². The minimum Gasteiger partial charge on any atom is -0.489 e. The number of halogens is 2. The third kappa shape index (κ3) is 5.10. The highest BCUT2D eigenvalue weighted by atomic mass is 35.5. The summed E-state index contributed by atoms with van der Waals surface area (Å²) in [5, 5.41) is 1.26. The standard InChI is InChI=1S/C22H19Cl2NO/c1-16(21-12-9-19(23)13-22(21)24)25-14-17-7-10-20(11-8-17)26-15-18-5-3-2-4-6-18/h2-14,16H,15H2,1H3. The molecule has 3 aromatic carbocycles. The summed E-state index contributed by atoms with van der Waals surface area (Å²) in [5.74, 6) is 0.833. The second-order valence-electron chi connectivity index (χ2n) is 5.96. The summed E-state index contributed by atoms with van der Waals surface area (Å²) in [6, 6.07) is 23.4. The molecule has 0 bridgehead atoms. The molecule has 0 amide bonds. The maximum absolute atomic E-state index is 6.24. The molecule has 0 fully saturated rings. The molecule has 0 saturated heterocycles. The first-order valence-electron chi connectivity index (χ1n) is 8.37. The first kappa shape index (κ1) is 18.5. The van der Waals surface area contributed by atoms with Gasteiger partial charge in [0.25, 0.3) is 0 Å². The predicted molar refractivity (Wildman–Crippen MR) is 110 cm³/mol. The number of hydrogen-bond acceptors (Lipinski definition) is 2. The number of benzene rings is 3. The Hall–Kier alpha value is -2.29. The SMILES string of the molecule is CC(N=Cc1ccc(OCc2ccccc2)cc1)c1ccc(Cl)cc1Cl. The maximum atomic E-state index is 6.24. The first-order valence-corrected chi connectivity index (χ1v) is 9.12. The summed E-state index contributed by atoms with van der Waals surface area (Å²) < 4.78 is 5.79. The maximum Gasteiger partial charge on any atom is 0.119 e. The third-order valence-electron chi connectivity index (χ3n) is 3.99. The van der Waals surface area contributed by atoms with Gasteiger partial charge in [0, 0.05) is 16.3 Å². The molecule has 0 radical (unpaired) electrons. The molecule has 3 rings (SSSR count). The molecular weight excluding hydrogens is 365 g/mol. The average molecular weight is 384 g/mol. The van der Waals surface area contributed by atoms with Crippen molar-refractivity contribution < 1.29 is 4.74 Å². The van der Waals surface area contributed by atoms with Crippen molar-refractivity contribution in [2.24, 2.45) is 4.99 Å². The van der Waals surface area contributed by atoms with Crippen LogP contribution in [0.5, 0.6) is 5.75 Å². The van der Waals surface area contributed by atoms with Crippen molar-refractivity contribution in [3.63, 3.8) is 0 Å². The lowest BCUT2D eigenvalue weighted by atomic mass is 10.1. The third-order valence-corrected chi connectivity index (χ3v) is 4.55. The van der Waals surface area contributed by atoms with E-state index in [4.69, 9.17) is 27.9 Å². The number of ether oxygens (including phenoxy) is 1. The van der Waals surface area contributed by atoms with Crippen LogP contribution in [0, 0.1) is 0 Å². The van der Waals surface area contributed by atoms with Crippen LogP contribution in [0.3, 0.4) is 0 Å². The Kier molecular flexibility index (Phi) is 6.32. The van der Waals surface area contributed by atoms with Crippen LogP contribution in [0.4, 0.5) is 0 Å². The van der Waals surface area contributed by atoms with Gasteiger partial charge in [0.1, 0.15) is 12.4 Å². The largest absolute Gasteiger partial charge is 0.489 e. The van der Waals surface area contributed by atoms with Crippen LogP contribution in [-0.4, -0.2) is 6.21 Å². The van der Waals surface area contributed by atoms with Crippen molar-refractivity contribution >= 4 is 29.4 Å². The molecule has 1 atom stereocenters. The van der Waals surface area contributed by atoms with Gasteiger partial charge < -0.3 is 4.74 Å². The smallest absolute Gasteiger partial charge is 0.119 e. The molecule has 0 spiro atoms. The molecule has 0 aromatic heterocycles. The van der Waals surface area contributed by atoms with E-state index in [1.54, 1.807) is 6.07 Å². The second kappa shape index (κ2) is 8.88. The molecule has 0 saturated carbocycles. The van der Waals surface area contributed by atoms with Crippen molar-refractivity contribution in [2.75, 3.05) is 0 Å². The zero-order valence-corrected chi connectivity index (χ0v) is 15.9. The van der Waals surface area contributed by atoms with Gasteiger partial charge in [0.05, 0.1) is 6.04 Å². The van der Waals surface area contributed by atoms with Gasteiger partial charge >= 0.3 is 0 Å². The van der Waals surface area contributed by atoms with E-state index in [9.17, 15) is 0 Å². The lowest BCUT2D eigenvalue weighted by molar-refractivity contribution is 0.306. The molecule has 0 heterocycles. The Morgan fingerprint density at radius 3 is 2.38 bits per heavy atom. The summed E-state index contributed by atoms with van der Waals surface area (Å²) in [6.07, 6.45) is 1.84. The lowest BCUT2D eigenvalue weighted by Crippen LogP contribution is -1.95. The second-order valence-corrected chi connectivity index (χ2v) is 6.81. The molecule has 0 N–H and O–H groups in total. The number of rotatable bonds is 6. The van der Waals surface area contributed by atoms with Crippen LogP contribution in [0.2, 0.25) is 10.0 Å². The summed E-state index contributed by atoms with van der Waals surface area (Å²) >= 11 is 12.2. The van der Waals surface area contributed by atoms with Crippen molar-refractivity contribution in [1.82, 2.24) is 0 Å². The highest BCUT2D eigenvalue weighted by Crippen LogP contribution is 2.28. The molecular formula is C22H19Cl2NO. The predicted octanol–water partition coefficient (Wildman–Crippen LogP) is 6.75.